The number of sulfonamides is 1. The first-order chi connectivity index (χ1) is 6.02. The minimum Gasteiger partial charge on any atom is -0.228 e. The molecule has 2 N–H and O–H groups in total. The van der Waals surface area contributed by atoms with E-state index in [0.29, 0.717) is 6.42 Å². The van der Waals surface area contributed by atoms with Gasteiger partial charge in [0, 0.05) is 0 Å². The maximum absolute atomic E-state index is 11.0. The second-order valence-electron chi connectivity index (χ2n) is 3.47. The van der Waals surface area contributed by atoms with Gasteiger partial charge in [-0.3, -0.25) is 0 Å². The van der Waals surface area contributed by atoms with E-state index >= 15 is 0 Å². The lowest BCUT2D eigenvalue weighted by Gasteiger charge is -2.11. The van der Waals surface area contributed by atoms with Gasteiger partial charge in [0.1, 0.15) is 0 Å². The van der Waals surface area contributed by atoms with Crippen LogP contribution in [0, 0.1) is 0 Å². The fraction of sp³-hybridized carbons (Fsp3) is 1.00. The number of halogens is 1. The quantitative estimate of drug-likeness (QED) is 0.699. The molecule has 0 aliphatic rings. The van der Waals surface area contributed by atoms with E-state index in [1.165, 1.54) is 12.8 Å². The van der Waals surface area contributed by atoms with Crippen molar-refractivity contribution in [1.29, 1.82) is 0 Å². The minimum atomic E-state index is -3.30. The highest BCUT2D eigenvalue weighted by Crippen LogP contribution is 2.12. The van der Waals surface area contributed by atoms with Crippen molar-refractivity contribution in [3.05, 3.63) is 0 Å². The standard InChI is InChI=1S/C9H21NO2S.ClH/c1-3-5-6-7-8-9(4-2)13(10,11)12;/h9H,3-8H2,1-2H3,(H2,10,11,12);1H. The zero-order valence-electron chi connectivity index (χ0n) is 9.03. The molecule has 1 unspecified atom stereocenters. The Balaban J connectivity index is 0. The maximum Gasteiger partial charge on any atom is 0.211 e. The first kappa shape index (κ1) is 16.6. The molecule has 5 heteroatoms. The molecule has 0 bridgehead atoms. The van der Waals surface area contributed by atoms with Gasteiger partial charge in [-0.15, -0.1) is 12.4 Å². The number of hydrogen-bond acceptors (Lipinski definition) is 2. The van der Waals surface area contributed by atoms with Crippen LogP contribution in [-0.4, -0.2) is 13.7 Å². The fourth-order valence-corrected chi connectivity index (χ4v) is 2.36. The van der Waals surface area contributed by atoms with Crippen molar-refractivity contribution in [3.63, 3.8) is 0 Å². The summed E-state index contributed by atoms with van der Waals surface area (Å²) >= 11 is 0. The monoisotopic (exact) mass is 243 g/mol. The molecule has 0 heterocycles. The minimum absolute atomic E-state index is 0. The van der Waals surface area contributed by atoms with Gasteiger partial charge >= 0.3 is 0 Å². The topological polar surface area (TPSA) is 60.2 Å². The van der Waals surface area contributed by atoms with Gasteiger partial charge in [0.15, 0.2) is 0 Å². The number of nitrogens with two attached hydrogens (primary N) is 1. The molecule has 0 amide bonds. The summed E-state index contributed by atoms with van der Waals surface area (Å²) < 4.78 is 22.0. The summed E-state index contributed by atoms with van der Waals surface area (Å²) in [7, 11) is -3.30. The second-order valence-corrected chi connectivity index (χ2v) is 5.31. The van der Waals surface area contributed by atoms with Gasteiger partial charge in [-0.25, -0.2) is 13.6 Å². The van der Waals surface area contributed by atoms with E-state index in [4.69, 9.17) is 5.14 Å². The van der Waals surface area contributed by atoms with Crippen LogP contribution in [0.15, 0.2) is 0 Å². The molecular weight excluding hydrogens is 222 g/mol. The lowest BCUT2D eigenvalue weighted by Crippen LogP contribution is -2.27. The predicted octanol–water partition coefficient (Wildman–Crippen LogP) is 2.45. The molecule has 1 atom stereocenters. The molecule has 0 saturated carbocycles. The Hall–Kier alpha value is 0.200. The highest BCUT2D eigenvalue weighted by Gasteiger charge is 2.17. The van der Waals surface area contributed by atoms with Gasteiger partial charge in [-0.2, -0.15) is 0 Å². The van der Waals surface area contributed by atoms with Crippen LogP contribution in [-0.2, 0) is 10.0 Å². The molecule has 88 valence electrons. The number of primary sulfonamides is 1. The Morgan fingerprint density at radius 1 is 1.14 bits per heavy atom. The Bertz CT molecular complexity index is 217. The summed E-state index contributed by atoms with van der Waals surface area (Å²) in [6, 6.07) is 0. The summed E-state index contributed by atoms with van der Waals surface area (Å²) in [5.74, 6) is 0. The summed E-state index contributed by atoms with van der Waals surface area (Å²) in [6.07, 6.45) is 5.79. The van der Waals surface area contributed by atoms with Crippen LogP contribution >= 0.6 is 12.4 Å². The molecule has 0 saturated heterocycles. The first-order valence-electron chi connectivity index (χ1n) is 5.04. The van der Waals surface area contributed by atoms with Gasteiger partial charge in [-0.05, 0) is 12.8 Å². The molecule has 0 aromatic heterocycles. The molecule has 0 rings (SSSR count). The van der Waals surface area contributed by atoms with Crippen molar-refractivity contribution < 1.29 is 8.42 Å². The maximum atomic E-state index is 11.0. The summed E-state index contributed by atoms with van der Waals surface area (Å²) in [6.45, 7) is 4.01. The highest BCUT2D eigenvalue weighted by molar-refractivity contribution is 7.89. The van der Waals surface area contributed by atoms with Crippen LogP contribution in [0.3, 0.4) is 0 Å². The third-order valence-electron chi connectivity index (χ3n) is 2.30. The van der Waals surface area contributed by atoms with Gasteiger partial charge in [0.25, 0.3) is 0 Å². The summed E-state index contributed by atoms with van der Waals surface area (Å²) in [5.41, 5.74) is 0. The van der Waals surface area contributed by atoms with Crippen LogP contribution < -0.4 is 5.14 Å². The van der Waals surface area contributed by atoms with Gasteiger partial charge in [-0.1, -0.05) is 39.5 Å². The Kier molecular flexibility index (Phi) is 10.1. The van der Waals surface area contributed by atoms with E-state index < -0.39 is 10.0 Å². The van der Waals surface area contributed by atoms with E-state index in [9.17, 15) is 8.42 Å². The fourth-order valence-electron chi connectivity index (χ4n) is 1.40. The van der Waals surface area contributed by atoms with Gasteiger partial charge in [0.05, 0.1) is 5.25 Å². The SMILES string of the molecule is CCCCCCC(CC)S(N)(=O)=O.Cl. The van der Waals surface area contributed by atoms with Crippen LogP contribution in [0.4, 0.5) is 0 Å². The van der Waals surface area contributed by atoms with Crippen molar-refractivity contribution in [2.24, 2.45) is 5.14 Å². The Morgan fingerprint density at radius 2 is 1.71 bits per heavy atom. The molecule has 0 aromatic carbocycles. The Labute approximate surface area is 93.9 Å². The van der Waals surface area contributed by atoms with Crippen molar-refractivity contribution >= 4 is 22.4 Å². The molecule has 0 aliphatic carbocycles. The van der Waals surface area contributed by atoms with Crippen molar-refractivity contribution in [1.82, 2.24) is 0 Å². The van der Waals surface area contributed by atoms with Crippen molar-refractivity contribution in [2.75, 3.05) is 0 Å². The molecule has 0 aromatic rings. The largest absolute Gasteiger partial charge is 0.228 e. The lowest BCUT2D eigenvalue weighted by atomic mass is 10.1. The van der Waals surface area contributed by atoms with E-state index in [0.717, 1.165) is 19.3 Å². The molecule has 0 spiro atoms. The average Bonchev–Trinajstić information content (AvgIpc) is 2.02. The van der Waals surface area contributed by atoms with Crippen molar-refractivity contribution in [2.45, 2.75) is 57.6 Å². The zero-order valence-corrected chi connectivity index (χ0v) is 10.7. The smallest absolute Gasteiger partial charge is 0.211 e. The van der Waals surface area contributed by atoms with Crippen LogP contribution in [0.5, 0.6) is 0 Å². The lowest BCUT2D eigenvalue weighted by molar-refractivity contribution is 0.549. The first-order valence-corrected chi connectivity index (χ1v) is 6.64. The number of rotatable bonds is 7. The van der Waals surface area contributed by atoms with Crippen LogP contribution in [0.25, 0.3) is 0 Å². The molecule has 0 radical (unpaired) electrons. The third-order valence-corrected chi connectivity index (χ3v) is 3.80. The third kappa shape index (κ3) is 7.59. The predicted molar refractivity (Wildman–Crippen MR) is 63.2 cm³/mol. The van der Waals surface area contributed by atoms with E-state index in [-0.39, 0.29) is 17.7 Å². The van der Waals surface area contributed by atoms with E-state index in [1.807, 2.05) is 6.92 Å². The average molecular weight is 244 g/mol. The number of hydrogen-bond donors (Lipinski definition) is 1. The van der Waals surface area contributed by atoms with Crippen molar-refractivity contribution in [3.8, 4) is 0 Å². The second kappa shape index (κ2) is 8.50. The number of unbranched alkanes of at least 4 members (excludes halogenated alkanes) is 3. The molecule has 0 fully saturated rings. The Morgan fingerprint density at radius 3 is 2.07 bits per heavy atom. The van der Waals surface area contributed by atoms with E-state index in [1.54, 1.807) is 0 Å². The van der Waals surface area contributed by atoms with Gasteiger partial charge in [0.2, 0.25) is 10.0 Å². The molecule has 3 nitrogen and oxygen atoms in total. The summed E-state index contributed by atoms with van der Waals surface area (Å²) in [4.78, 5) is 0. The normalized spacial score (nSPS) is 13.4. The summed E-state index contributed by atoms with van der Waals surface area (Å²) in [5, 5.41) is 4.75. The van der Waals surface area contributed by atoms with E-state index in [2.05, 4.69) is 6.92 Å². The van der Waals surface area contributed by atoms with Gasteiger partial charge < -0.3 is 0 Å². The zero-order chi connectivity index (χ0) is 10.3. The van der Waals surface area contributed by atoms with Crippen LogP contribution in [0.2, 0.25) is 0 Å². The van der Waals surface area contributed by atoms with Crippen LogP contribution in [0.1, 0.15) is 52.4 Å². The molecule has 14 heavy (non-hydrogen) atoms. The molecular formula is C9H22ClNO2S. The molecule has 0 aliphatic heterocycles. The highest BCUT2D eigenvalue weighted by atomic mass is 35.5.